The van der Waals surface area contributed by atoms with Gasteiger partial charge in [-0.3, -0.25) is 4.79 Å². The first kappa shape index (κ1) is 13.5. The van der Waals surface area contributed by atoms with Gasteiger partial charge in [-0.15, -0.1) is 5.10 Å². The Morgan fingerprint density at radius 1 is 1.47 bits per heavy atom. The molecular weight excluding hydrogens is 248 g/mol. The van der Waals surface area contributed by atoms with Gasteiger partial charge in [0.05, 0.1) is 12.8 Å². The lowest BCUT2D eigenvalue weighted by atomic mass is 10.2. The lowest BCUT2D eigenvalue weighted by Crippen LogP contribution is -2.32. The molecule has 0 unspecified atom stereocenters. The average Bonchev–Trinajstić information content (AvgIpc) is 3.18. The molecule has 1 aliphatic carbocycles. The zero-order valence-corrected chi connectivity index (χ0v) is 11.4. The second-order valence-electron chi connectivity index (χ2n) is 4.62. The van der Waals surface area contributed by atoms with Crippen LogP contribution in [0.2, 0.25) is 0 Å². The topological polar surface area (TPSA) is 77.3 Å². The molecule has 1 aliphatic rings. The Balaban J connectivity index is 2.13. The van der Waals surface area contributed by atoms with Crippen molar-refractivity contribution in [2.24, 2.45) is 0 Å². The normalized spacial score (nSPS) is 14.3. The first-order valence-electron chi connectivity index (χ1n) is 6.34. The van der Waals surface area contributed by atoms with E-state index in [4.69, 9.17) is 0 Å². The standard InChI is InChI=1S/C12H18N4O3/c1-4-9-11(12(18)19-3)13-14-16(9)7-10(17)15(2)8-5-6-8/h8H,4-7H2,1-3H3. The highest BCUT2D eigenvalue weighted by Gasteiger charge is 2.30. The molecule has 1 fully saturated rings. The maximum absolute atomic E-state index is 12.0. The zero-order valence-electron chi connectivity index (χ0n) is 11.4. The number of amides is 1. The SMILES string of the molecule is CCc1c(C(=O)OC)nnn1CC(=O)N(C)C1CC1. The minimum atomic E-state index is -0.522. The minimum absolute atomic E-state index is 0.0153. The molecular formula is C12H18N4O3. The van der Waals surface area contributed by atoms with E-state index in [-0.39, 0.29) is 18.1 Å². The molecule has 0 aromatic carbocycles. The molecule has 0 radical (unpaired) electrons. The summed E-state index contributed by atoms with van der Waals surface area (Å²) in [6, 6.07) is 0.362. The maximum Gasteiger partial charge on any atom is 0.360 e. The van der Waals surface area contributed by atoms with Crippen molar-refractivity contribution < 1.29 is 14.3 Å². The van der Waals surface area contributed by atoms with Crippen LogP contribution in [0.3, 0.4) is 0 Å². The monoisotopic (exact) mass is 266 g/mol. The number of likely N-dealkylation sites (N-methyl/N-ethyl adjacent to an activating group) is 1. The highest BCUT2D eigenvalue weighted by molar-refractivity contribution is 5.88. The minimum Gasteiger partial charge on any atom is -0.464 e. The molecule has 2 rings (SSSR count). The van der Waals surface area contributed by atoms with Crippen LogP contribution in [0.4, 0.5) is 0 Å². The van der Waals surface area contributed by atoms with Gasteiger partial charge in [0.15, 0.2) is 5.69 Å². The van der Waals surface area contributed by atoms with E-state index >= 15 is 0 Å². The van der Waals surface area contributed by atoms with Crippen LogP contribution in [0.5, 0.6) is 0 Å². The molecule has 7 heteroatoms. The second-order valence-corrected chi connectivity index (χ2v) is 4.62. The quantitative estimate of drug-likeness (QED) is 0.714. The fourth-order valence-electron chi connectivity index (χ4n) is 1.97. The van der Waals surface area contributed by atoms with Crippen LogP contribution >= 0.6 is 0 Å². The molecule has 0 aliphatic heterocycles. The summed E-state index contributed by atoms with van der Waals surface area (Å²) >= 11 is 0. The molecule has 1 saturated carbocycles. The number of rotatable bonds is 5. The summed E-state index contributed by atoms with van der Waals surface area (Å²) in [6.45, 7) is 2.00. The van der Waals surface area contributed by atoms with E-state index in [9.17, 15) is 9.59 Å². The third kappa shape index (κ3) is 2.74. The third-order valence-corrected chi connectivity index (χ3v) is 3.32. The number of aromatic nitrogens is 3. The van der Waals surface area contributed by atoms with Gasteiger partial charge in [-0.2, -0.15) is 0 Å². The Kier molecular flexibility index (Phi) is 3.82. The van der Waals surface area contributed by atoms with E-state index < -0.39 is 5.97 Å². The van der Waals surface area contributed by atoms with Gasteiger partial charge in [0, 0.05) is 13.1 Å². The molecule has 0 atom stereocenters. The molecule has 19 heavy (non-hydrogen) atoms. The zero-order chi connectivity index (χ0) is 14.0. The van der Waals surface area contributed by atoms with E-state index in [1.54, 1.807) is 11.9 Å². The Morgan fingerprint density at radius 2 is 2.16 bits per heavy atom. The lowest BCUT2D eigenvalue weighted by Gasteiger charge is -2.16. The largest absolute Gasteiger partial charge is 0.464 e. The molecule has 7 nitrogen and oxygen atoms in total. The second kappa shape index (κ2) is 5.38. The van der Waals surface area contributed by atoms with Crippen LogP contribution in [0.25, 0.3) is 0 Å². The van der Waals surface area contributed by atoms with Gasteiger partial charge < -0.3 is 9.64 Å². The van der Waals surface area contributed by atoms with Crippen molar-refractivity contribution in [3.63, 3.8) is 0 Å². The molecule has 104 valence electrons. The summed E-state index contributed by atoms with van der Waals surface area (Å²) in [5.41, 5.74) is 0.816. The highest BCUT2D eigenvalue weighted by Crippen LogP contribution is 2.25. The summed E-state index contributed by atoms with van der Waals surface area (Å²) in [6.07, 6.45) is 2.69. The van der Waals surface area contributed by atoms with Gasteiger partial charge in [0.2, 0.25) is 5.91 Å². The van der Waals surface area contributed by atoms with E-state index in [1.807, 2.05) is 6.92 Å². The Morgan fingerprint density at radius 3 is 2.68 bits per heavy atom. The van der Waals surface area contributed by atoms with Crippen LogP contribution in [0, 0.1) is 0 Å². The van der Waals surface area contributed by atoms with Crippen LogP contribution in [-0.2, 0) is 22.5 Å². The van der Waals surface area contributed by atoms with Gasteiger partial charge in [0.1, 0.15) is 6.54 Å². The van der Waals surface area contributed by atoms with Gasteiger partial charge in [-0.05, 0) is 19.3 Å². The van der Waals surface area contributed by atoms with Crippen LogP contribution in [0.1, 0.15) is 35.9 Å². The van der Waals surface area contributed by atoms with E-state index in [0.29, 0.717) is 18.2 Å². The van der Waals surface area contributed by atoms with Crippen molar-refractivity contribution >= 4 is 11.9 Å². The fourth-order valence-corrected chi connectivity index (χ4v) is 1.97. The van der Waals surface area contributed by atoms with Crippen molar-refractivity contribution in [2.45, 2.75) is 38.8 Å². The van der Waals surface area contributed by atoms with Crippen LogP contribution in [-0.4, -0.2) is 52.0 Å². The lowest BCUT2D eigenvalue weighted by molar-refractivity contribution is -0.131. The number of hydrogen-bond acceptors (Lipinski definition) is 5. The number of carbonyl (C=O) groups is 2. The van der Waals surface area contributed by atoms with Crippen LogP contribution in [0.15, 0.2) is 0 Å². The van der Waals surface area contributed by atoms with Gasteiger partial charge in [-0.1, -0.05) is 12.1 Å². The molecule has 0 saturated heterocycles. The number of ether oxygens (including phenoxy) is 1. The molecule has 1 amide bonds. The number of carbonyl (C=O) groups excluding carboxylic acids is 2. The van der Waals surface area contributed by atoms with Crippen molar-refractivity contribution in [3.05, 3.63) is 11.4 Å². The predicted molar refractivity (Wildman–Crippen MR) is 66.5 cm³/mol. The highest BCUT2D eigenvalue weighted by atomic mass is 16.5. The van der Waals surface area contributed by atoms with Gasteiger partial charge in [-0.25, -0.2) is 9.48 Å². The third-order valence-electron chi connectivity index (χ3n) is 3.32. The summed E-state index contributed by atoms with van der Waals surface area (Å²) in [4.78, 5) is 25.3. The van der Waals surface area contributed by atoms with Gasteiger partial charge >= 0.3 is 5.97 Å². The molecule has 0 spiro atoms. The molecule has 1 aromatic rings. The summed E-state index contributed by atoms with van der Waals surface area (Å²) in [5.74, 6) is -0.537. The number of nitrogens with zero attached hydrogens (tertiary/aromatic N) is 4. The molecule has 0 N–H and O–H groups in total. The predicted octanol–water partition coefficient (Wildman–Crippen LogP) is 0.248. The van der Waals surface area contributed by atoms with Crippen molar-refractivity contribution in [3.8, 4) is 0 Å². The van der Waals surface area contributed by atoms with Crippen molar-refractivity contribution in [1.29, 1.82) is 0 Å². The van der Waals surface area contributed by atoms with E-state index in [2.05, 4.69) is 15.0 Å². The molecule has 1 aromatic heterocycles. The number of methoxy groups -OCH3 is 1. The molecule has 1 heterocycles. The first-order valence-corrected chi connectivity index (χ1v) is 6.34. The van der Waals surface area contributed by atoms with Crippen molar-refractivity contribution in [1.82, 2.24) is 19.9 Å². The van der Waals surface area contributed by atoms with Crippen LogP contribution < -0.4 is 0 Å². The summed E-state index contributed by atoms with van der Waals surface area (Å²) in [5, 5.41) is 7.67. The van der Waals surface area contributed by atoms with Gasteiger partial charge in [0.25, 0.3) is 0 Å². The Bertz CT molecular complexity index is 493. The maximum atomic E-state index is 12.0. The van der Waals surface area contributed by atoms with E-state index in [0.717, 1.165) is 12.8 Å². The fraction of sp³-hybridized carbons (Fsp3) is 0.667. The summed E-state index contributed by atoms with van der Waals surface area (Å²) in [7, 11) is 3.09. The smallest absolute Gasteiger partial charge is 0.360 e. The summed E-state index contributed by atoms with van der Waals surface area (Å²) < 4.78 is 6.12. The molecule has 0 bridgehead atoms. The Hall–Kier alpha value is -1.92. The van der Waals surface area contributed by atoms with E-state index in [1.165, 1.54) is 11.8 Å². The number of hydrogen-bond donors (Lipinski definition) is 0. The Labute approximate surface area is 111 Å². The first-order chi connectivity index (χ1) is 9.08. The average molecular weight is 266 g/mol. The number of esters is 1. The van der Waals surface area contributed by atoms with Crippen molar-refractivity contribution in [2.75, 3.05) is 14.2 Å².